The van der Waals surface area contributed by atoms with Gasteiger partial charge in [-0.25, -0.2) is 0 Å². The quantitative estimate of drug-likeness (QED) is 0.150. The molecule has 0 aliphatic carbocycles. The number of unbranched alkanes of at least 4 members (excludes halogenated alkanes) is 12. The van der Waals surface area contributed by atoms with Gasteiger partial charge in [0, 0.05) is 6.42 Å². The number of carbonyl (C=O) groups is 1. The molecule has 0 aliphatic heterocycles. The largest absolute Gasteiger partial charge is 1.00 e. The van der Waals surface area contributed by atoms with Gasteiger partial charge in [-0.15, -0.1) is 0 Å². The first-order valence-corrected chi connectivity index (χ1v) is 9.36. The van der Waals surface area contributed by atoms with Gasteiger partial charge in [0.05, 0.1) is 0 Å². The molecule has 144 valence electrons. The fourth-order valence-corrected chi connectivity index (χ4v) is 2.73. The van der Waals surface area contributed by atoms with Gasteiger partial charge in [0.15, 0.2) is 0 Å². The summed E-state index contributed by atoms with van der Waals surface area (Å²) in [5.41, 5.74) is 0. The number of carboxylic acid groups (broad SMARTS) is 1. The van der Waals surface area contributed by atoms with Crippen LogP contribution < -0.4 is 34.7 Å². The smallest absolute Gasteiger partial charge is 0.544 e. The van der Waals surface area contributed by atoms with Crippen LogP contribution in [0.3, 0.4) is 0 Å². The molecule has 25 heavy (non-hydrogen) atoms. The fraction of sp³-hybridized carbons (Fsp3) is 0.944. The zero-order chi connectivity index (χ0) is 18.5. The molecule has 0 aromatic heterocycles. The van der Waals surface area contributed by atoms with Crippen molar-refractivity contribution in [1.29, 1.82) is 0 Å². The Labute approximate surface area is 173 Å². The summed E-state index contributed by atoms with van der Waals surface area (Å²) in [7, 11) is 0. The summed E-state index contributed by atoms with van der Waals surface area (Å²) >= 11 is 0. The van der Waals surface area contributed by atoms with Gasteiger partial charge < -0.3 is 30.3 Å². The molecule has 0 radical (unpaired) electrons. The number of rotatable bonds is 16. The molecule has 0 heterocycles. The van der Waals surface area contributed by atoms with E-state index < -0.39 is 24.0 Å². The van der Waals surface area contributed by atoms with Crippen LogP contribution in [-0.2, 0) is 4.79 Å². The Hall–Kier alpha value is 0.310. The van der Waals surface area contributed by atoms with Crippen LogP contribution in [0.5, 0.6) is 0 Å². The van der Waals surface area contributed by atoms with E-state index in [1.165, 1.54) is 51.4 Å². The maximum absolute atomic E-state index is 10.5. The zero-order valence-corrected chi connectivity index (χ0v) is 18.0. The maximum Gasteiger partial charge on any atom is 1.00 e. The Kier molecular flexibility index (Phi) is 16.9. The second-order valence-electron chi connectivity index (χ2n) is 6.77. The Morgan fingerprint density at radius 2 is 1.04 bits per heavy atom. The van der Waals surface area contributed by atoms with Crippen LogP contribution in [0.25, 0.3) is 0 Å². The first-order chi connectivity index (χ1) is 11.3. The normalized spacial score (nSPS) is 12.0. The van der Waals surface area contributed by atoms with E-state index in [4.69, 9.17) is 10.2 Å². The van der Waals surface area contributed by atoms with Crippen molar-refractivity contribution in [2.45, 2.75) is 108 Å². The SMILES string of the molecule is CCCCCCCCCCCCCCCC(O)(O)C(O)(O)C(=O)[O-].[Na+]. The van der Waals surface area contributed by atoms with Gasteiger partial charge in [0.1, 0.15) is 5.97 Å². The maximum atomic E-state index is 10.5. The van der Waals surface area contributed by atoms with Crippen molar-refractivity contribution in [3.05, 3.63) is 0 Å². The predicted octanol–water partition coefficient (Wildman–Crippen LogP) is -1.42. The van der Waals surface area contributed by atoms with Crippen LogP contribution in [-0.4, -0.2) is 38.0 Å². The summed E-state index contributed by atoms with van der Waals surface area (Å²) in [6, 6.07) is 0. The number of aliphatic carboxylic acids is 1. The van der Waals surface area contributed by atoms with E-state index in [-0.39, 0.29) is 29.6 Å². The third kappa shape index (κ3) is 12.3. The van der Waals surface area contributed by atoms with Crippen LogP contribution in [0, 0.1) is 0 Å². The molecule has 0 atom stereocenters. The van der Waals surface area contributed by atoms with Gasteiger partial charge in [-0.05, 0) is 6.42 Å². The topological polar surface area (TPSA) is 121 Å². The average Bonchev–Trinajstić information content (AvgIpc) is 2.51. The summed E-state index contributed by atoms with van der Waals surface area (Å²) in [5, 5.41) is 47.5. The Morgan fingerprint density at radius 3 is 1.36 bits per heavy atom. The van der Waals surface area contributed by atoms with Crippen molar-refractivity contribution in [2.75, 3.05) is 0 Å². The number of aliphatic hydroxyl groups is 4. The third-order valence-corrected chi connectivity index (χ3v) is 4.47. The van der Waals surface area contributed by atoms with E-state index in [0.717, 1.165) is 19.3 Å². The monoisotopic (exact) mass is 370 g/mol. The molecule has 0 saturated carbocycles. The summed E-state index contributed by atoms with van der Waals surface area (Å²) in [6.07, 6.45) is 14.0. The van der Waals surface area contributed by atoms with Crippen molar-refractivity contribution >= 4 is 5.97 Å². The van der Waals surface area contributed by atoms with Crippen LogP contribution in [0.1, 0.15) is 96.8 Å². The Morgan fingerprint density at radius 1 is 0.720 bits per heavy atom. The van der Waals surface area contributed by atoms with Gasteiger partial charge in [-0.1, -0.05) is 84.0 Å². The molecule has 0 spiro atoms. The molecule has 0 unspecified atom stereocenters. The van der Waals surface area contributed by atoms with Crippen LogP contribution in [0.15, 0.2) is 0 Å². The minimum Gasteiger partial charge on any atom is -0.544 e. The van der Waals surface area contributed by atoms with Crippen LogP contribution >= 0.6 is 0 Å². The second kappa shape index (κ2) is 15.4. The van der Waals surface area contributed by atoms with E-state index >= 15 is 0 Å². The van der Waals surface area contributed by atoms with Crippen molar-refractivity contribution < 1.29 is 59.9 Å². The molecular formula is C18H35NaO6. The summed E-state index contributed by atoms with van der Waals surface area (Å²) in [5.74, 6) is -9.06. The molecule has 0 saturated heterocycles. The molecule has 6 nitrogen and oxygen atoms in total. The number of hydrogen-bond acceptors (Lipinski definition) is 6. The first kappa shape index (κ1) is 27.5. The van der Waals surface area contributed by atoms with Gasteiger partial charge >= 0.3 is 29.6 Å². The van der Waals surface area contributed by atoms with Crippen molar-refractivity contribution in [3.8, 4) is 0 Å². The standard InChI is InChI=1S/C18H36O6.Na/c1-2-3-4-5-6-7-8-9-10-11-12-13-14-15-17(21,22)18(23,24)16(19)20;/h21-24H,2-15H2,1H3,(H,19,20);/q;+1/p-1. The molecule has 0 amide bonds. The summed E-state index contributed by atoms with van der Waals surface area (Å²) < 4.78 is 0. The van der Waals surface area contributed by atoms with Gasteiger partial charge in [0.25, 0.3) is 5.79 Å². The minimum atomic E-state index is -3.65. The average molecular weight is 370 g/mol. The van der Waals surface area contributed by atoms with Crippen LogP contribution in [0.4, 0.5) is 0 Å². The predicted molar refractivity (Wildman–Crippen MR) is 89.7 cm³/mol. The summed E-state index contributed by atoms with van der Waals surface area (Å²) in [6.45, 7) is 2.22. The fourth-order valence-electron chi connectivity index (χ4n) is 2.73. The molecule has 0 aliphatic rings. The molecule has 4 N–H and O–H groups in total. The molecule has 7 heteroatoms. The van der Waals surface area contributed by atoms with Crippen molar-refractivity contribution in [1.82, 2.24) is 0 Å². The molecular weight excluding hydrogens is 335 g/mol. The first-order valence-electron chi connectivity index (χ1n) is 9.36. The van der Waals surface area contributed by atoms with E-state index in [1.54, 1.807) is 0 Å². The summed E-state index contributed by atoms with van der Waals surface area (Å²) in [4.78, 5) is 10.5. The van der Waals surface area contributed by atoms with Gasteiger partial charge in [-0.3, -0.25) is 0 Å². The van der Waals surface area contributed by atoms with E-state index in [2.05, 4.69) is 6.92 Å². The zero-order valence-electron chi connectivity index (χ0n) is 16.0. The number of hydrogen-bond donors (Lipinski definition) is 4. The third-order valence-electron chi connectivity index (χ3n) is 4.47. The number of carbonyl (C=O) groups excluding carboxylic acids is 1. The molecule has 0 aromatic carbocycles. The number of carboxylic acids is 1. The van der Waals surface area contributed by atoms with Crippen molar-refractivity contribution in [3.63, 3.8) is 0 Å². The van der Waals surface area contributed by atoms with E-state index in [9.17, 15) is 20.1 Å². The van der Waals surface area contributed by atoms with E-state index in [0.29, 0.717) is 12.8 Å². The Bertz CT molecular complexity index is 334. The molecule has 0 fully saturated rings. The molecule has 0 aromatic rings. The second-order valence-corrected chi connectivity index (χ2v) is 6.77. The van der Waals surface area contributed by atoms with Crippen molar-refractivity contribution in [2.24, 2.45) is 0 Å². The van der Waals surface area contributed by atoms with Gasteiger partial charge in [0.2, 0.25) is 5.79 Å². The Balaban J connectivity index is 0. The molecule has 0 rings (SSSR count). The van der Waals surface area contributed by atoms with E-state index in [1.807, 2.05) is 0 Å². The van der Waals surface area contributed by atoms with Crippen LogP contribution in [0.2, 0.25) is 0 Å². The minimum absolute atomic E-state index is 0. The molecule has 0 bridgehead atoms. The van der Waals surface area contributed by atoms with Gasteiger partial charge in [-0.2, -0.15) is 0 Å².